The quantitative estimate of drug-likeness (QED) is 0.0261. The number of carbonyl (C=O) groups is 3. The van der Waals surface area contributed by atoms with Gasteiger partial charge in [-0.3, -0.25) is 14.4 Å². The lowest BCUT2D eigenvalue weighted by Gasteiger charge is -2.18. The van der Waals surface area contributed by atoms with E-state index in [1.54, 1.807) is 0 Å². The molecule has 0 radical (unpaired) electrons. The Bertz CT molecular complexity index is 1510. The van der Waals surface area contributed by atoms with Crippen molar-refractivity contribution in [2.24, 2.45) is 0 Å². The molecular formula is C68H114O6. The first-order valence-corrected chi connectivity index (χ1v) is 30.9. The summed E-state index contributed by atoms with van der Waals surface area (Å²) in [5.74, 6) is -0.942. The van der Waals surface area contributed by atoms with Crippen LogP contribution in [0.25, 0.3) is 0 Å². The van der Waals surface area contributed by atoms with Crippen LogP contribution in [-0.2, 0) is 28.6 Å². The standard InChI is InChI=1S/C68H114O6/c1-4-7-10-13-16-19-22-25-28-29-30-31-32-33-34-35-36-37-38-39-41-43-46-49-52-55-58-61-67(70)73-64-65(63-72-66(69)60-57-54-51-48-45-42-27-24-21-18-15-12-9-6-3)74-68(71)62-59-56-53-50-47-44-40-26-23-20-17-14-11-8-5-2/h7,10,16,19,25-26,28,30-31,33-34,36-37,39-41,46,49,65H,4-6,8-9,11-15,17-18,20-24,27,29,32,35,38,42-45,47-48,50-64H2,1-3H3/b10-7-,19-16-,28-25-,31-30-,34-33-,37-36-,40-26-,41-39-,49-46-. The SMILES string of the molecule is CC/C=C\C/C=C\C/C=C\C/C=C\C/C=C\C/C=C\C/C=C\C/C=C\CCCCC(=O)OCC(COC(=O)CCCCCCCCCCCCCCCC)OC(=O)CCCCCCC/C=C\CCCCCCCC. The van der Waals surface area contributed by atoms with Crippen molar-refractivity contribution in [3.05, 3.63) is 109 Å². The van der Waals surface area contributed by atoms with Crippen LogP contribution < -0.4 is 0 Å². The molecule has 0 rings (SSSR count). The van der Waals surface area contributed by atoms with E-state index >= 15 is 0 Å². The highest BCUT2D eigenvalue weighted by Gasteiger charge is 2.19. The fraction of sp³-hybridized carbons (Fsp3) is 0.691. The maximum Gasteiger partial charge on any atom is 0.306 e. The molecule has 0 saturated heterocycles. The van der Waals surface area contributed by atoms with Gasteiger partial charge < -0.3 is 14.2 Å². The summed E-state index contributed by atoms with van der Waals surface area (Å²) in [6.45, 7) is 6.49. The van der Waals surface area contributed by atoms with Crippen LogP contribution in [0.15, 0.2) is 109 Å². The number of hydrogen-bond donors (Lipinski definition) is 0. The van der Waals surface area contributed by atoms with Crippen LogP contribution in [0.4, 0.5) is 0 Å². The van der Waals surface area contributed by atoms with E-state index in [4.69, 9.17) is 14.2 Å². The van der Waals surface area contributed by atoms with Crippen molar-refractivity contribution in [1.29, 1.82) is 0 Å². The van der Waals surface area contributed by atoms with Gasteiger partial charge in [0.15, 0.2) is 6.10 Å². The number of allylic oxidation sites excluding steroid dienone is 18. The number of unbranched alkanes of at least 4 members (excludes halogenated alkanes) is 26. The van der Waals surface area contributed by atoms with Crippen molar-refractivity contribution in [2.75, 3.05) is 13.2 Å². The fourth-order valence-corrected chi connectivity index (χ4v) is 8.39. The zero-order valence-corrected chi connectivity index (χ0v) is 48.3. The van der Waals surface area contributed by atoms with Crippen LogP contribution in [0.2, 0.25) is 0 Å². The van der Waals surface area contributed by atoms with E-state index in [9.17, 15) is 14.4 Å². The highest BCUT2D eigenvalue weighted by atomic mass is 16.6. The van der Waals surface area contributed by atoms with Crippen LogP contribution >= 0.6 is 0 Å². The lowest BCUT2D eigenvalue weighted by molar-refractivity contribution is -0.167. The van der Waals surface area contributed by atoms with E-state index in [-0.39, 0.29) is 31.1 Å². The number of rotatable bonds is 55. The average molecular weight is 1030 g/mol. The van der Waals surface area contributed by atoms with Crippen molar-refractivity contribution < 1.29 is 28.6 Å². The summed E-state index contributed by atoms with van der Waals surface area (Å²) in [5.41, 5.74) is 0. The first kappa shape index (κ1) is 70.1. The predicted molar refractivity (Wildman–Crippen MR) is 320 cm³/mol. The molecule has 0 aliphatic rings. The van der Waals surface area contributed by atoms with E-state index in [1.165, 1.54) is 122 Å². The summed E-state index contributed by atoms with van der Waals surface area (Å²) >= 11 is 0. The van der Waals surface area contributed by atoms with Gasteiger partial charge in [0, 0.05) is 19.3 Å². The predicted octanol–water partition coefficient (Wildman–Crippen LogP) is 21.0. The maximum absolute atomic E-state index is 12.9. The van der Waals surface area contributed by atoms with E-state index in [2.05, 4.69) is 130 Å². The third-order valence-corrected chi connectivity index (χ3v) is 13.0. The summed E-state index contributed by atoms with van der Waals surface area (Å²) in [4.78, 5) is 38.2. The average Bonchev–Trinajstić information content (AvgIpc) is 3.40. The molecule has 6 heteroatoms. The second kappa shape index (κ2) is 61.6. The van der Waals surface area contributed by atoms with Crippen molar-refractivity contribution in [3.63, 3.8) is 0 Å². The second-order valence-corrected chi connectivity index (χ2v) is 20.2. The van der Waals surface area contributed by atoms with Crippen LogP contribution in [0.3, 0.4) is 0 Å². The Morgan fingerprint density at radius 3 is 0.865 bits per heavy atom. The lowest BCUT2D eigenvalue weighted by Crippen LogP contribution is -2.30. The lowest BCUT2D eigenvalue weighted by atomic mass is 10.0. The van der Waals surface area contributed by atoms with Crippen LogP contribution in [0, 0.1) is 0 Å². The summed E-state index contributed by atoms with van der Waals surface area (Å²) in [5, 5.41) is 0. The number of esters is 3. The molecule has 0 N–H and O–H groups in total. The molecule has 0 fully saturated rings. The summed E-state index contributed by atoms with van der Waals surface area (Å²) in [7, 11) is 0. The highest BCUT2D eigenvalue weighted by molar-refractivity contribution is 5.71. The molecule has 0 amide bonds. The molecule has 0 spiro atoms. The summed E-state index contributed by atoms with van der Waals surface area (Å²) in [6, 6.07) is 0. The number of hydrogen-bond acceptors (Lipinski definition) is 6. The largest absolute Gasteiger partial charge is 0.462 e. The van der Waals surface area contributed by atoms with Gasteiger partial charge in [0.05, 0.1) is 0 Å². The molecule has 1 atom stereocenters. The van der Waals surface area contributed by atoms with Gasteiger partial charge in [-0.05, 0) is 109 Å². The Labute approximate surface area is 457 Å². The summed E-state index contributed by atoms with van der Waals surface area (Å²) < 4.78 is 16.9. The van der Waals surface area contributed by atoms with Gasteiger partial charge in [0.2, 0.25) is 0 Å². The van der Waals surface area contributed by atoms with Gasteiger partial charge in [0.1, 0.15) is 13.2 Å². The first-order valence-electron chi connectivity index (χ1n) is 30.9. The zero-order chi connectivity index (χ0) is 53.6. The normalized spacial score (nSPS) is 12.9. The monoisotopic (exact) mass is 1030 g/mol. The molecule has 74 heavy (non-hydrogen) atoms. The van der Waals surface area contributed by atoms with Crippen molar-refractivity contribution >= 4 is 17.9 Å². The molecule has 0 heterocycles. The molecular weight excluding hydrogens is 913 g/mol. The van der Waals surface area contributed by atoms with Gasteiger partial charge in [-0.15, -0.1) is 0 Å². The molecule has 0 aromatic carbocycles. The Morgan fingerprint density at radius 2 is 0.527 bits per heavy atom. The molecule has 0 aliphatic carbocycles. The Balaban J connectivity index is 4.42. The van der Waals surface area contributed by atoms with Crippen LogP contribution in [0.1, 0.15) is 284 Å². The van der Waals surface area contributed by atoms with Crippen molar-refractivity contribution in [2.45, 2.75) is 290 Å². The molecule has 0 aliphatic heterocycles. The van der Waals surface area contributed by atoms with Crippen LogP contribution in [-0.4, -0.2) is 37.2 Å². The van der Waals surface area contributed by atoms with E-state index in [1.807, 2.05) is 0 Å². The van der Waals surface area contributed by atoms with Gasteiger partial charge >= 0.3 is 17.9 Å². The van der Waals surface area contributed by atoms with Gasteiger partial charge in [-0.25, -0.2) is 0 Å². The third kappa shape index (κ3) is 59.0. The first-order chi connectivity index (χ1) is 36.5. The number of ether oxygens (including phenoxy) is 3. The minimum absolute atomic E-state index is 0.0938. The molecule has 0 aromatic heterocycles. The molecule has 6 nitrogen and oxygen atoms in total. The zero-order valence-electron chi connectivity index (χ0n) is 48.3. The van der Waals surface area contributed by atoms with Crippen molar-refractivity contribution in [3.8, 4) is 0 Å². The Kier molecular flexibility index (Phi) is 58.3. The highest BCUT2D eigenvalue weighted by Crippen LogP contribution is 2.15. The van der Waals surface area contributed by atoms with E-state index in [0.717, 1.165) is 122 Å². The van der Waals surface area contributed by atoms with Crippen molar-refractivity contribution in [1.82, 2.24) is 0 Å². The van der Waals surface area contributed by atoms with Gasteiger partial charge in [0.25, 0.3) is 0 Å². The van der Waals surface area contributed by atoms with Gasteiger partial charge in [-0.1, -0.05) is 265 Å². The second-order valence-electron chi connectivity index (χ2n) is 20.2. The summed E-state index contributed by atoms with van der Waals surface area (Å²) in [6.07, 6.45) is 83.7. The number of carbonyl (C=O) groups excluding carboxylic acids is 3. The van der Waals surface area contributed by atoms with E-state index < -0.39 is 6.10 Å². The molecule has 0 saturated carbocycles. The Hall–Kier alpha value is -3.93. The minimum Gasteiger partial charge on any atom is -0.462 e. The molecule has 1 unspecified atom stereocenters. The topological polar surface area (TPSA) is 78.9 Å². The fourth-order valence-electron chi connectivity index (χ4n) is 8.39. The van der Waals surface area contributed by atoms with Crippen LogP contribution in [0.5, 0.6) is 0 Å². The molecule has 422 valence electrons. The molecule has 0 bridgehead atoms. The third-order valence-electron chi connectivity index (χ3n) is 13.0. The smallest absolute Gasteiger partial charge is 0.306 e. The minimum atomic E-state index is -0.801. The Morgan fingerprint density at radius 1 is 0.284 bits per heavy atom. The van der Waals surface area contributed by atoms with Gasteiger partial charge in [-0.2, -0.15) is 0 Å². The maximum atomic E-state index is 12.9. The van der Waals surface area contributed by atoms with E-state index in [0.29, 0.717) is 19.3 Å². The molecule has 0 aromatic rings.